The van der Waals surface area contributed by atoms with Crippen LogP contribution in [0.5, 0.6) is 0 Å². The molecule has 4 aliphatic heterocycles. The Balaban J connectivity index is 0.000000146. The number of amides is 4. The molecule has 24 nitrogen and oxygen atoms in total. The second kappa shape index (κ2) is 43.5. The summed E-state index contributed by atoms with van der Waals surface area (Å²) in [6.45, 7) is 20.7. The highest BCUT2D eigenvalue weighted by molar-refractivity contribution is 7.97. The molecule has 1 unspecified atom stereocenters. The van der Waals surface area contributed by atoms with E-state index in [2.05, 4.69) is 46.2 Å². The standard InChI is InChI=1S/2C26H27Cl2F3N4O.C25H23Cl2F3N4O3.C24H26Cl2F3N5O2S/c2*1-14-12-22(26(29,30)31)33-35-15(2)21(32-24(14)35)13-19-20(27)7-6-18(23(19)28)25(36)34-10-8-17(9-11-34)16-4-3-5-16;1-12-10-18(25(28,29)30)32-34-14(3)21(31-23(12)34)22(36)19-17(26)5-4-16(20(19)27)24(37)33-8-6-15(7-9-33)11-13(2)35;1-13-10-20(24(27,28)29)31-34-15(3)19(30-22(13)34)11-17-18(25)7-6-16(21(17)26)23(35)32-8-9-33(14(2)12-32)37(4,5)36/h2*6-7,12,16-17H,3-5,8-11,13H2,1-2H3;4-5,10,15H,6-9,11H2,1-3H3;6-7,10,14H,4,8-9,11-12H2,1-3,5H3/t;;;14-,37?/m...1/s1. The molecule has 8 aromatic heterocycles. The van der Waals surface area contributed by atoms with Crippen molar-refractivity contribution in [1.82, 2.24) is 82.3 Å². The predicted molar refractivity (Wildman–Crippen MR) is 537 cm³/mol. The van der Waals surface area contributed by atoms with Gasteiger partial charge in [0.25, 0.3) is 23.6 Å². The van der Waals surface area contributed by atoms with Gasteiger partial charge in [-0.25, -0.2) is 42.3 Å². The van der Waals surface area contributed by atoms with Gasteiger partial charge in [0.05, 0.1) is 92.8 Å². The number of piperidine rings is 3. The highest BCUT2D eigenvalue weighted by atomic mass is 35.5. The molecule has 2 atom stereocenters. The molecule has 0 radical (unpaired) electrons. The van der Waals surface area contributed by atoms with Gasteiger partial charge in [0.1, 0.15) is 11.5 Å². The van der Waals surface area contributed by atoms with E-state index in [1.807, 2.05) is 16.7 Å². The first kappa shape index (κ1) is 110. The Labute approximate surface area is 873 Å². The van der Waals surface area contributed by atoms with Crippen LogP contribution in [0.25, 0.3) is 22.6 Å². The van der Waals surface area contributed by atoms with Gasteiger partial charge in [0, 0.05) is 122 Å². The molecule has 45 heteroatoms. The zero-order valence-corrected chi connectivity index (χ0v) is 88.1. The van der Waals surface area contributed by atoms with E-state index in [0.29, 0.717) is 201 Å². The van der Waals surface area contributed by atoms with Crippen LogP contribution in [0.2, 0.25) is 40.2 Å². The van der Waals surface area contributed by atoms with E-state index in [4.69, 9.17) is 92.8 Å². The lowest BCUT2D eigenvalue weighted by molar-refractivity contribution is -0.142. The Bertz CT molecular complexity index is 7080. The van der Waals surface area contributed by atoms with Gasteiger partial charge in [0.15, 0.2) is 45.4 Å². The van der Waals surface area contributed by atoms with E-state index < -0.39 is 63.0 Å². The van der Waals surface area contributed by atoms with Crippen molar-refractivity contribution in [2.45, 2.75) is 203 Å². The number of alkyl halides is 12. The second-order valence-corrected chi connectivity index (χ2v) is 44.1. The highest BCUT2D eigenvalue weighted by Gasteiger charge is 2.43. The number of likely N-dealkylation sites (tertiary alicyclic amines) is 3. The quantitative estimate of drug-likeness (QED) is 0.0466. The number of piperazine rings is 1. The number of hydrogen-bond donors (Lipinski definition) is 0. The van der Waals surface area contributed by atoms with Gasteiger partial charge < -0.3 is 24.4 Å². The van der Waals surface area contributed by atoms with Crippen LogP contribution < -0.4 is 0 Å². The Morgan fingerprint density at radius 2 is 0.671 bits per heavy atom. The number of imidazole rings is 4. The number of fused-ring (bicyclic) bond motifs is 4. The smallest absolute Gasteiger partial charge is 0.339 e. The topological polar surface area (TPSA) is 256 Å². The number of hydrogen-bond acceptors (Lipinski definition) is 15. The zero-order valence-electron chi connectivity index (χ0n) is 81.2. The van der Waals surface area contributed by atoms with Crippen LogP contribution in [-0.4, -0.2) is 199 Å². The molecule has 18 rings (SSSR count). The fourth-order valence-corrected chi connectivity index (χ4v) is 23.6. The predicted octanol–water partition coefficient (Wildman–Crippen LogP) is 24.2. The van der Waals surface area contributed by atoms with E-state index >= 15 is 0 Å². The maximum atomic E-state index is 13.5. The van der Waals surface area contributed by atoms with E-state index in [1.165, 1.54) is 85.0 Å². The van der Waals surface area contributed by atoms with Crippen molar-refractivity contribution in [3.8, 4) is 0 Å². The van der Waals surface area contributed by atoms with E-state index in [1.54, 1.807) is 98.3 Å². The average molecular weight is 2210 g/mol. The fourth-order valence-electron chi connectivity index (χ4n) is 19.9. The van der Waals surface area contributed by atoms with Crippen molar-refractivity contribution < 1.29 is 85.7 Å². The summed E-state index contributed by atoms with van der Waals surface area (Å²) in [5.41, 5.74) is 3.27. The molecule has 6 aliphatic rings. The monoisotopic (exact) mass is 2210 g/mol. The number of rotatable bonds is 17. The largest absolute Gasteiger partial charge is 0.435 e. The van der Waals surface area contributed by atoms with Crippen LogP contribution in [0.15, 0.2) is 72.8 Å². The second-order valence-electron chi connectivity index (χ2n) is 38.5. The highest BCUT2D eigenvalue weighted by Crippen LogP contribution is 2.45. The maximum absolute atomic E-state index is 13.5. The summed E-state index contributed by atoms with van der Waals surface area (Å²) in [4.78, 5) is 103. The normalized spacial score (nSPS) is 17.2. The van der Waals surface area contributed by atoms with Crippen molar-refractivity contribution in [3.05, 3.63) is 248 Å². The fraction of sp³-hybridized carbons (Fsp3) is 0.455. The third-order valence-electron chi connectivity index (χ3n) is 28.6. The summed E-state index contributed by atoms with van der Waals surface area (Å²) in [5, 5.41) is 16.4. The first-order valence-electron chi connectivity index (χ1n) is 47.4. The minimum absolute atomic E-state index is 0.0242. The number of carbonyl (C=O) groups excluding carboxylic acids is 6. The number of aromatic nitrogens is 12. The van der Waals surface area contributed by atoms with E-state index in [9.17, 15) is 85.7 Å². The third-order valence-corrected chi connectivity index (χ3v) is 33.2. The van der Waals surface area contributed by atoms with Crippen LogP contribution >= 0.6 is 92.8 Å². The van der Waals surface area contributed by atoms with Crippen LogP contribution in [0.4, 0.5) is 52.7 Å². The molecule has 4 aromatic carbocycles. The zero-order chi connectivity index (χ0) is 106. The third kappa shape index (κ3) is 23.3. The first-order valence-corrected chi connectivity index (χ1v) is 52.5. The summed E-state index contributed by atoms with van der Waals surface area (Å²) in [7, 11) is -2.40. The molecule has 0 N–H and O–H groups in total. The van der Waals surface area contributed by atoms with Crippen molar-refractivity contribution in [3.63, 3.8) is 0 Å². The van der Waals surface area contributed by atoms with Crippen molar-refractivity contribution in [1.29, 1.82) is 0 Å². The molecule has 6 fully saturated rings. The van der Waals surface area contributed by atoms with Gasteiger partial charge in [-0.15, -0.1) is 0 Å². The number of nitrogens with zero attached hydrogens (tertiary/aromatic N) is 17. The van der Waals surface area contributed by atoms with Gasteiger partial charge in [-0.1, -0.05) is 131 Å². The molecule has 146 heavy (non-hydrogen) atoms. The summed E-state index contributed by atoms with van der Waals surface area (Å²) in [5.74, 6) is 5.44. The molecule has 12 heterocycles. The van der Waals surface area contributed by atoms with E-state index in [-0.39, 0.29) is 125 Å². The minimum atomic E-state index is -4.68. The Kier molecular flexibility index (Phi) is 32.9. The first-order chi connectivity index (χ1) is 68.5. The maximum Gasteiger partial charge on any atom is 0.435 e. The molecule has 780 valence electrons. The number of aryl methyl sites for hydroxylation is 8. The lowest BCUT2D eigenvalue weighted by Crippen LogP contribution is -2.55. The van der Waals surface area contributed by atoms with Gasteiger partial charge in [0.2, 0.25) is 5.78 Å². The molecule has 4 amide bonds. The van der Waals surface area contributed by atoms with E-state index in [0.717, 1.165) is 66.3 Å². The number of Topliss-reactive ketones (excluding diaryl/α,β-unsaturated/α-hetero) is 1. The van der Waals surface area contributed by atoms with Gasteiger partial charge in [-0.3, -0.25) is 28.2 Å². The number of benzene rings is 4. The van der Waals surface area contributed by atoms with Gasteiger partial charge in [-0.2, -0.15) is 73.1 Å². The molecule has 12 aromatic rings. The molecule has 2 aliphatic carbocycles. The van der Waals surface area contributed by atoms with Crippen LogP contribution in [0.1, 0.15) is 256 Å². The number of carbonyl (C=O) groups is 6. The summed E-state index contributed by atoms with van der Waals surface area (Å²) < 4.78 is 178. The molecule has 0 bridgehead atoms. The number of ketones is 2. The van der Waals surface area contributed by atoms with Crippen molar-refractivity contribution in [2.75, 3.05) is 65.2 Å². The van der Waals surface area contributed by atoms with Crippen LogP contribution in [0, 0.1) is 85.0 Å². The summed E-state index contributed by atoms with van der Waals surface area (Å²) in [6, 6.07) is 16.1. The minimum Gasteiger partial charge on any atom is -0.339 e. The lowest BCUT2D eigenvalue weighted by Gasteiger charge is -2.40. The molecular formula is C101H103Cl8F12N17O7S. The average Bonchev–Trinajstić information content (AvgIpc) is 1.59. The SMILES string of the molecule is C=S(C)(=O)N1CCN(C(=O)c2ccc(Cl)c(Cc3nc4c(C)cc(C(F)(F)F)nn4c3C)c2Cl)C[C@H]1C.CC(=O)CC1CCN(C(=O)c2ccc(Cl)c(C(=O)c3nc4c(C)cc(C(F)(F)F)nn4c3C)c2Cl)CC1.Cc1cc(C(F)(F)F)nn2c(C)c(Cc3c(Cl)ccc(C(=O)N4CCC(C5CCC5)CC4)c3Cl)nc12.Cc1cc(C(F)(F)F)nn2c(C)c(Cc3c(Cl)ccc(C(=O)N4CCC(C5CCC5)CC4)c3Cl)nc12. The van der Waals surface area contributed by atoms with Gasteiger partial charge in [-0.05, 0) is 255 Å². The molecule has 0 spiro atoms. The molecular weight excluding hydrogens is 2110 g/mol. The van der Waals surface area contributed by atoms with Gasteiger partial charge >= 0.3 is 24.7 Å². The Morgan fingerprint density at radius 1 is 0.384 bits per heavy atom. The lowest BCUT2D eigenvalue weighted by atomic mass is 9.72. The van der Waals surface area contributed by atoms with Crippen molar-refractivity contribution in [2.24, 2.45) is 29.6 Å². The number of halogens is 20. The van der Waals surface area contributed by atoms with Crippen molar-refractivity contribution >= 4 is 166 Å². The van der Waals surface area contributed by atoms with Crippen LogP contribution in [-0.2, 0) is 58.5 Å². The molecule has 4 saturated heterocycles. The summed E-state index contributed by atoms with van der Waals surface area (Å²) in [6.07, 6.45) is -2.67. The Hall–Kier alpha value is -9.96. The summed E-state index contributed by atoms with van der Waals surface area (Å²) >= 11 is 52.4. The Morgan fingerprint density at radius 3 is 0.966 bits per heavy atom. The van der Waals surface area contributed by atoms with Crippen LogP contribution in [0.3, 0.4) is 0 Å². The molecule has 2 saturated carbocycles.